The first-order valence-electron chi connectivity index (χ1n) is 11.0. The normalized spacial score (nSPS) is 17.3. The van der Waals surface area contributed by atoms with Crippen LogP contribution in [0.2, 0.25) is 0 Å². The largest absolute Gasteiger partial charge is 0.323 e. The van der Waals surface area contributed by atoms with E-state index in [4.69, 9.17) is 4.99 Å². The van der Waals surface area contributed by atoms with E-state index in [9.17, 15) is 18.4 Å². The van der Waals surface area contributed by atoms with Crippen LogP contribution in [0.4, 0.5) is 20.2 Å². The monoisotopic (exact) mass is 490 g/mol. The maximum Gasteiger partial charge on any atom is 0.263 e. The minimum atomic E-state index is -0.738. The highest BCUT2D eigenvalue weighted by Gasteiger charge is 2.43. The molecular weight excluding hydrogens is 470 g/mol. The van der Waals surface area contributed by atoms with Crippen molar-refractivity contribution in [1.82, 2.24) is 4.90 Å². The third-order valence-electron chi connectivity index (χ3n) is 5.68. The third-order valence-corrected chi connectivity index (χ3v) is 7.00. The fraction of sp³-hybridized carbons (Fsp3) is 0.154. The lowest BCUT2D eigenvalue weighted by atomic mass is 10.1. The van der Waals surface area contributed by atoms with Crippen molar-refractivity contribution >= 4 is 46.0 Å². The van der Waals surface area contributed by atoms with Gasteiger partial charge in [0.1, 0.15) is 17.5 Å². The number of hydrogen-bond donors (Lipinski definition) is 1. The van der Waals surface area contributed by atoms with E-state index in [1.165, 1.54) is 4.90 Å². The number of para-hydroxylation sites is 1. The Hall–Kier alpha value is -3.85. The third kappa shape index (κ3) is 4.35. The van der Waals surface area contributed by atoms with Gasteiger partial charge in [-0.1, -0.05) is 61.2 Å². The maximum absolute atomic E-state index is 14.1. The number of nitrogens with zero attached hydrogens (tertiary/aromatic N) is 3. The van der Waals surface area contributed by atoms with Gasteiger partial charge in [0.05, 0.1) is 16.6 Å². The van der Waals surface area contributed by atoms with Crippen LogP contribution in [0, 0.1) is 11.6 Å². The first kappa shape index (κ1) is 22.9. The molecule has 2 atom stereocenters. The second-order valence-corrected chi connectivity index (χ2v) is 9.15. The van der Waals surface area contributed by atoms with Crippen molar-refractivity contribution in [1.29, 1.82) is 0 Å². The van der Waals surface area contributed by atoms with Crippen LogP contribution in [0.3, 0.4) is 0 Å². The van der Waals surface area contributed by atoms with Crippen molar-refractivity contribution in [3.05, 3.63) is 95.6 Å². The number of anilines is 1. The first-order chi connectivity index (χ1) is 17.0. The van der Waals surface area contributed by atoms with Gasteiger partial charge in [0.2, 0.25) is 5.91 Å². The Morgan fingerprint density at radius 1 is 1.09 bits per heavy atom. The van der Waals surface area contributed by atoms with Crippen LogP contribution in [0.15, 0.2) is 82.8 Å². The van der Waals surface area contributed by atoms with Crippen molar-refractivity contribution in [2.75, 3.05) is 5.32 Å². The van der Waals surface area contributed by atoms with Crippen molar-refractivity contribution in [2.45, 2.75) is 24.6 Å². The maximum atomic E-state index is 14.1. The summed E-state index contributed by atoms with van der Waals surface area (Å²) in [5.41, 5.74) is 1.88. The number of hydrogen-bond acceptors (Lipinski definition) is 5. The quantitative estimate of drug-likeness (QED) is 0.517. The Kier molecular flexibility index (Phi) is 6.17. The van der Waals surface area contributed by atoms with Crippen LogP contribution in [0.25, 0.3) is 0 Å². The average Bonchev–Trinajstić information content (AvgIpc) is 3.23. The van der Waals surface area contributed by atoms with Gasteiger partial charge >= 0.3 is 0 Å². The number of fused-ring (bicyclic) bond motifs is 3. The van der Waals surface area contributed by atoms with Gasteiger partial charge in [0.15, 0.2) is 11.2 Å². The molecule has 0 spiro atoms. The van der Waals surface area contributed by atoms with Gasteiger partial charge in [-0.3, -0.25) is 9.59 Å². The van der Waals surface area contributed by atoms with Crippen molar-refractivity contribution < 1.29 is 18.4 Å². The lowest BCUT2D eigenvalue weighted by Crippen LogP contribution is -2.41. The van der Waals surface area contributed by atoms with E-state index < -0.39 is 28.8 Å². The van der Waals surface area contributed by atoms with Crippen molar-refractivity contribution in [3.63, 3.8) is 0 Å². The van der Waals surface area contributed by atoms with Gasteiger partial charge in [-0.2, -0.15) is 0 Å². The topological polar surface area (TPSA) is 74.1 Å². The number of rotatable bonds is 5. The summed E-state index contributed by atoms with van der Waals surface area (Å²) in [6.07, 6.45) is 0.366. The molecule has 35 heavy (non-hydrogen) atoms. The van der Waals surface area contributed by atoms with E-state index >= 15 is 0 Å². The molecule has 0 aromatic heterocycles. The molecule has 0 unspecified atom stereocenters. The summed E-state index contributed by atoms with van der Waals surface area (Å²) >= 11 is 1.09. The van der Waals surface area contributed by atoms with E-state index in [0.717, 1.165) is 41.1 Å². The minimum Gasteiger partial charge on any atom is -0.323 e. The van der Waals surface area contributed by atoms with Crippen molar-refractivity contribution in [3.8, 4) is 0 Å². The Morgan fingerprint density at radius 2 is 1.83 bits per heavy atom. The number of amides is 2. The van der Waals surface area contributed by atoms with Gasteiger partial charge in [0, 0.05) is 11.6 Å². The number of thioether (sulfide) groups is 1. The first-order valence-corrected chi connectivity index (χ1v) is 11.9. The number of aliphatic imine (C=N–C) groups is 2. The summed E-state index contributed by atoms with van der Waals surface area (Å²) in [5, 5.41) is 2.05. The predicted octanol–water partition coefficient (Wildman–Crippen LogP) is 5.45. The van der Waals surface area contributed by atoms with Crippen LogP contribution in [-0.2, 0) is 9.59 Å². The van der Waals surface area contributed by atoms with E-state index in [1.807, 2.05) is 54.6 Å². The van der Waals surface area contributed by atoms with Crippen LogP contribution >= 0.6 is 11.8 Å². The summed E-state index contributed by atoms with van der Waals surface area (Å²) in [7, 11) is 0. The zero-order valence-corrected chi connectivity index (χ0v) is 19.4. The Bertz CT molecular complexity index is 1380. The van der Waals surface area contributed by atoms with E-state index in [2.05, 4.69) is 10.3 Å². The molecule has 0 saturated heterocycles. The average molecular weight is 491 g/mol. The number of amidine groups is 2. The molecule has 6 nitrogen and oxygen atoms in total. The van der Waals surface area contributed by atoms with Crippen LogP contribution in [-0.4, -0.2) is 33.0 Å². The van der Waals surface area contributed by atoms with E-state index in [-0.39, 0.29) is 11.6 Å². The molecule has 5 rings (SSSR count). The number of carbonyl (C=O) groups is 2. The summed E-state index contributed by atoms with van der Waals surface area (Å²) in [6, 6.07) is 18.7. The highest BCUT2D eigenvalue weighted by molar-refractivity contribution is 8.15. The Balaban J connectivity index is 1.46. The van der Waals surface area contributed by atoms with Gasteiger partial charge in [-0.15, -0.1) is 0 Å². The number of benzene rings is 3. The summed E-state index contributed by atoms with van der Waals surface area (Å²) in [5.74, 6) is -1.71. The molecule has 0 fully saturated rings. The molecule has 9 heteroatoms. The highest BCUT2D eigenvalue weighted by atomic mass is 32.2. The predicted molar refractivity (Wildman–Crippen MR) is 133 cm³/mol. The second-order valence-electron chi connectivity index (χ2n) is 7.98. The molecule has 0 aliphatic carbocycles. The summed E-state index contributed by atoms with van der Waals surface area (Å²) < 4.78 is 27.6. The second kappa shape index (κ2) is 9.42. The number of halogens is 2. The van der Waals surface area contributed by atoms with Gasteiger partial charge in [-0.25, -0.2) is 23.7 Å². The Labute approximate surface area is 204 Å². The zero-order valence-electron chi connectivity index (χ0n) is 18.6. The molecule has 2 heterocycles. The molecule has 0 radical (unpaired) electrons. The van der Waals surface area contributed by atoms with E-state index in [1.54, 1.807) is 6.92 Å². The number of nitrogens with one attached hydrogen (secondary N) is 1. The fourth-order valence-corrected chi connectivity index (χ4v) is 4.96. The lowest BCUT2D eigenvalue weighted by molar-refractivity contribution is -0.124. The summed E-state index contributed by atoms with van der Waals surface area (Å²) in [6.45, 7) is 1.80. The molecule has 0 bridgehead atoms. The van der Waals surface area contributed by atoms with Crippen molar-refractivity contribution in [2.24, 2.45) is 9.98 Å². The Morgan fingerprint density at radius 3 is 2.60 bits per heavy atom. The standard InChI is InChI=1S/C26H20F2N4O2S/c1-2-21(24(33)29-20-14-16(27)12-13-18(20)28)35-26-30-19-11-7-6-10-17(19)23-31-22(25(34)32(23)26)15-8-4-3-5-9-15/h3-14,21-22H,2H2,1H3,(H,29,33)/t21-,22-/m0/s1. The molecular formula is C26H20F2N4O2S. The summed E-state index contributed by atoms with van der Waals surface area (Å²) in [4.78, 5) is 37.3. The van der Waals surface area contributed by atoms with E-state index in [0.29, 0.717) is 23.1 Å². The molecule has 2 aliphatic rings. The molecule has 1 N–H and O–H groups in total. The van der Waals surface area contributed by atoms with Gasteiger partial charge in [-0.05, 0) is 36.2 Å². The SMILES string of the molecule is CC[C@H](SC1=Nc2ccccc2C2=N[C@@H](c3ccccc3)C(=O)N12)C(=O)Nc1cc(F)ccc1F. The minimum absolute atomic E-state index is 0.242. The molecule has 176 valence electrons. The molecule has 0 saturated carbocycles. The lowest BCUT2D eigenvalue weighted by Gasteiger charge is -2.27. The zero-order chi connectivity index (χ0) is 24.5. The van der Waals surface area contributed by atoms with Crippen LogP contribution in [0.1, 0.15) is 30.5 Å². The van der Waals surface area contributed by atoms with Crippen LogP contribution in [0.5, 0.6) is 0 Å². The number of carbonyl (C=O) groups excluding carboxylic acids is 2. The highest BCUT2D eigenvalue weighted by Crippen LogP contribution is 2.38. The van der Waals surface area contributed by atoms with Gasteiger partial charge in [0.25, 0.3) is 5.91 Å². The molecule has 3 aromatic rings. The fourth-order valence-electron chi connectivity index (χ4n) is 3.94. The molecule has 3 aromatic carbocycles. The van der Waals surface area contributed by atoms with Crippen LogP contribution < -0.4 is 5.32 Å². The van der Waals surface area contributed by atoms with Gasteiger partial charge < -0.3 is 5.32 Å². The smallest absolute Gasteiger partial charge is 0.263 e. The molecule has 2 aliphatic heterocycles. The molecule has 2 amide bonds.